The minimum atomic E-state index is -4.41. The lowest BCUT2D eigenvalue weighted by molar-refractivity contribution is -0.870. The minimum absolute atomic E-state index is 0.0234. The standard InChI is InChI=1S/C90H148NO8P/c1-6-8-10-12-14-16-18-20-22-24-26-28-30-32-34-36-38-40-42-44-45-47-49-51-53-55-57-59-61-63-65-67-69-71-73-75-77-79-81-83-90(93)99-88(87-98-100(94,95)97-85-84-91(3,4)5)86-96-89(92)82-80-78-76-74-72-70-68-66-64-62-60-58-56-54-52-50-48-46-43-41-39-37-35-33-31-29-27-25-23-21-19-17-15-13-11-9-7-2/h8-11,14-17,20-23,26-29,32-35,38-41,44-46,48-49,51,55,57,88H,6-7,12-13,18-19,24-25,30-31,36-37,42-43,47,50,52-54,56,58-87H2,1-5H3/p+1/b10-8-,11-9-,16-14-,17-15-,22-20-,23-21-,28-26-,29-27-,34-32-,35-33-,40-38-,41-39-,45-44-,48-46-,51-49-,57-55-. The Morgan fingerprint density at radius 1 is 0.310 bits per heavy atom. The summed E-state index contributed by atoms with van der Waals surface area (Å²) in [6.07, 6.45) is 121. The van der Waals surface area contributed by atoms with Gasteiger partial charge in [0.05, 0.1) is 27.7 Å². The summed E-state index contributed by atoms with van der Waals surface area (Å²) in [6.45, 7) is 4.20. The number of esters is 2. The molecule has 1 N–H and O–H groups in total. The third-order valence-corrected chi connectivity index (χ3v) is 17.6. The van der Waals surface area contributed by atoms with Crippen LogP contribution in [0, 0.1) is 0 Å². The van der Waals surface area contributed by atoms with Crippen LogP contribution in [0.4, 0.5) is 0 Å². The molecule has 0 spiro atoms. The Kier molecular flexibility index (Phi) is 74.0. The number of carbonyl (C=O) groups excluding carboxylic acids is 2. The fourth-order valence-corrected chi connectivity index (χ4v) is 11.3. The molecule has 0 aliphatic heterocycles. The molecule has 0 rings (SSSR count). The van der Waals surface area contributed by atoms with Gasteiger partial charge in [0.15, 0.2) is 6.10 Å². The molecule has 0 aromatic carbocycles. The molecule has 0 heterocycles. The summed E-state index contributed by atoms with van der Waals surface area (Å²) in [6, 6.07) is 0. The number of hydrogen-bond acceptors (Lipinski definition) is 7. The van der Waals surface area contributed by atoms with Crippen LogP contribution < -0.4 is 0 Å². The van der Waals surface area contributed by atoms with Gasteiger partial charge in [-0.15, -0.1) is 0 Å². The molecule has 0 saturated heterocycles. The molecule has 0 amide bonds. The molecule has 0 aliphatic carbocycles. The first-order valence-corrected chi connectivity index (χ1v) is 41.7. The number of nitrogens with zero attached hydrogens (tertiary/aromatic N) is 1. The fraction of sp³-hybridized carbons (Fsp3) is 0.622. The Bertz CT molecular complexity index is 2400. The summed E-state index contributed by atoms with van der Waals surface area (Å²) in [4.78, 5) is 36.0. The first-order chi connectivity index (χ1) is 49.0. The molecular weight excluding hydrogens is 1250 g/mol. The summed E-state index contributed by atoms with van der Waals surface area (Å²) in [5.41, 5.74) is 0. The second kappa shape index (κ2) is 78.0. The minimum Gasteiger partial charge on any atom is -0.462 e. The number of phosphoric acid groups is 1. The van der Waals surface area contributed by atoms with Gasteiger partial charge in [0.2, 0.25) is 0 Å². The summed E-state index contributed by atoms with van der Waals surface area (Å²) in [5, 5.41) is 0. The Balaban J connectivity index is 4.05. The van der Waals surface area contributed by atoms with Gasteiger partial charge in [-0.1, -0.05) is 350 Å². The van der Waals surface area contributed by atoms with Crippen molar-refractivity contribution in [3.05, 3.63) is 194 Å². The van der Waals surface area contributed by atoms with Crippen LogP contribution >= 0.6 is 7.82 Å². The van der Waals surface area contributed by atoms with Crippen molar-refractivity contribution in [3.8, 4) is 0 Å². The molecule has 566 valence electrons. The number of unbranched alkanes of at least 4 members (excludes halogenated alkanes) is 26. The molecule has 0 radical (unpaired) electrons. The molecule has 100 heavy (non-hydrogen) atoms. The summed E-state index contributed by atoms with van der Waals surface area (Å²) < 4.78 is 34.8. The summed E-state index contributed by atoms with van der Waals surface area (Å²) >= 11 is 0. The number of rotatable bonds is 72. The van der Waals surface area contributed by atoms with Crippen LogP contribution in [-0.2, 0) is 32.7 Å². The van der Waals surface area contributed by atoms with Gasteiger partial charge < -0.3 is 18.9 Å². The van der Waals surface area contributed by atoms with E-state index in [0.717, 1.165) is 148 Å². The molecule has 0 bridgehead atoms. The second-order valence-electron chi connectivity index (χ2n) is 27.3. The average Bonchev–Trinajstić information content (AvgIpc) is 1.07. The number of quaternary nitrogens is 1. The van der Waals surface area contributed by atoms with Gasteiger partial charge in [-0.05, 0) is 141 Å². The molecule has 2 unspecified atom stereocenters. The SMILES string of the molecule is CC/C=C\C/C=C\C/C=C\C/C=C\C/C=C\C/C=C\C/C=C\C/C=C\C/C=C\CCCCCCCCCCCCCC(=O)OC(COC(=O)CCCCCCCCCCCCCCCCC/C=C\C/C=C\C/C=C\C/C=C\C/C=C\C/C=C\C/C=C\CC)COP(=O)(O)OCC[N+](C)(C)C. The monoisotopic (exact) mass is 1400 g/mol. The van der Waals surface area contributed by atoms with Gasteiger partial charge in [0.1, 0.15) is 19.8 Å². The second-order valence-corrected chi connectivity index (χ2v) is 28.8. The highest BCUT2D eigenvalue weighted by Crippen LogP contribution is 2.43. The van der Waals surface area contributed by atoms with Crippen molar-refractivity contribution in [1.29, 1.82) is 0 Å². The number of hydrogen-bond donors (Lipinski definition) is 1. The molecular formula is C90H149NO8P+. The predicted octanol–water partition coefficient (Wildman–Crippen LogP) is 27.2. The summed E-state index contributed by atoms with van der Waals surface area (Å²) in [7, 11) is 1.46. The fourth-order valence-electron chi connectivity index (χ4n) is 10.6. The zero-order chi connectivity index (χ0) is 72.5. The third-order valence-electron chi connectivity index (χ3n) is 16.6. The van der Waals surface area contributed by atoms with E-state index >= 15 is 0 Å². The quantitative estimate of drug-likeness (QED) is 0.0211. The number of allylic oxidation sites excluding steroid dienone is 32. The van der Waals surface area contributed by atoms with Crippen LogP contribution in [0.1, 0.15) is 309 Å². The van der Waals surface area contributed by atoms with Gasteiger partial charge in [-0.25, -0.2) is 4.57 Å². The van der Waals surface area contributed by atoms with E-state index in [-0.39, 0.29) is 32.0 Å². The van der Waals surface area contributed by atoms with E-state index in [2.05, 4.69) is 208 Å². The largest absolute Gasteiger partial charge is 0.472 e. The van der Waals surface area contributed by atoms with Crippen LogP contribution in [0.2, 0.25) is 0 Å². The number of ether oxygens (including phenoxy) is 2. The lowest BCUT2D eigenvalue weighted by Crippen LogP contribution is -2.37. The van der Waals surface area contributed by atoms with Crippen LogP contribution in [0.25, 0.3) is 0 Å². The number of carbonyl (C=O) groups is 2. The van der Waals surface area contributed by atoms with Crippen molar-refractivity contribution in [2.75, 3.05) is 47.5 Å². The maximum absolute atomic E-state index is 12.9. The van der Waals surface area contributed by atoms with Crippen molar-refractivity contribution in [1.82, 2.24) is 0 Å². The van der Waals surface area contributed by atoms with Crippen LogP contribution in [0.15, 0.2) is 194 Å². The molecule has 9 nitrogen and oxygen atoms in total. The van der Waals surface area contributed by atoms with E-state index < -0.39 is 26.5 Å². The first-order valence-electron chi connectivity index (χ1n) is 40.2. The lowest BCUT2D eigenvalue weighted by atomic mass is 10.0. The van der Waals surface area contributed by atoms with Gasteiger partial charge >= 0.3 is 19.8 Å². The third kappa shape index (κ3) is 81.8. The maximum Gasteiger partial charge on any atom is 0.472 e. The van der Waals surface area contributed by atoms with E-state index in [1.807, 2.05) is 21.1 Å². The van der Waals surface area contributed by atoms with Crippen LogP contribution in [0.5, 0.6) is 0 Å². The Morgan fingerprint density at radius 2 is 0.540 bits per heavy atom. The van der Waals surface area contributed by atoms with Crippen molar-refractivity contribution in [3.63, 3.8) is 0 Å². The van der Waals surface area contributed by atoms with Gasteiger partial charge in [0, 0.05) is 12.8 Å². The maximum atomic E-state index is 12.9. The van der Waals surface area contributed by atoms with E-state index in [9.17, 15) is 19.0 Å². The normalized spacial score (nSPS) is 14.1. The number of phosphoric ester groups is 1. The highest BCUT2D eigenvalue weighted by Gasteiger charge is 2.27. The topological polar surface area (TPSA) is 108 Å². The van der Waals surface area contributed by atoms with Crippen molar-refractivity contribution in [2.45, 2.75) is 315 Å². The molecule has 0 aliphatic rings. The molecule has 10 heteroatoms. The van der Waals surface area contributed by atoms with Crippen LogP contribution in [-0.4, -0.2) is 74.9 Å². The van der Waals surface area contributed by atoms with E-state index in [1.54, 1.807) is 0 Å². The van der Waals surface area contributed by atoms with Gasteiger partial charge in [0.25, 0.3) is 0 Å². The van der Waals surface area contributed by atoms with E-state index in [4.69, 9.17) is 18.5 Å². The lowest BCUT2D eigenvalue weighted by Gasteiger charge is -2.24. The number of likely N-dealkylation sites (N-methyl/N-ethyl adjacent to an activating group) is 1. The van der Waals surface area contributed by atoms with Crippen LogP contribution in [0.3, 0.4) is 0 Å². The Labute approximate surface area is 615 Å². The summed E-state index contributed by atoms with van der Waals surface area (Å²) in [5.74, 6) is -0.804. The van der Waals surface area contributed by atoms with Gasteiger partial charge in [-0.2, -0.15) is 0 Å². The molecule has 0 fully saturated rings. The smallest absolute Gasteiger partial charge is 0.462 e. The zero-order valence-electron chi connectivity index (χ0n) is 64.6. The average molecular weight is 1400 g/mol. The molecule has 0 saturated carbocycles. The highest BCUT2D eigenvalue weighted by atomic mass is 31.2. The first kappa shape index (κ1) is 94.8. The predicted molar refractivity (Wildman–Crippen MR) is 435 cm³/mol. The van der Waals surface area contributed by atoms with Crippen molar-refractivity contribution < 1.29 is 42.1 Å². The molecule has 2 atom stereocenters. The Morgan fingerprint density at radius 3 is 0.800 bits per heavy atom. The highest BCUT2D eigenvalue weighted by molar-refractivity contribution is 7.47. The molecule has 0 aromatic rings. The van der Waals surface area contributed by atoms with Crippen molar-refractivity contribution >= 4 is 19.8 Å². The Hall–Kier alpha value is -5.15. The van der Waals surface area contributed by atoms with Crippen molar-refractivity contribution in [2.24, 2.45) is 0 Å². The zero-order valence-corrected chi connectivity index (χ0v) is 65.5. The van der Waals surface area contributed by atoms with Gasteiger partial charge in [-0.3, -0.25) is 18.6 Å². The molecule has 0 aromatic heterocycles. The van der Waals surface area contributed by atoms with E-state index in [1.165, 1.54) is 128 Å². The van der Waals surface area contributed by atoms with E-state index in [0.29, 0.717) is 17.4 Å².